The highest BCUT2D eigenvalue weighted by atomic mass is 16.5. The summed E-state index contributed by atoms with van der Waals surface area (Å²) >= 11 is 0. The van der Waals surface area contributed by atoms with E-state index in [0.29, 0.717) is 16.8 Å². The van der Waals surface area contributed by atoms with E-state index < -0.39 is 12.0 Å². The average molecular weight is 366 g/mol. The normalized spacial score (nSPS) is 12.0. The number of carbonyl (C=O) groups is 2. The van der Waals surface area contributed by atoms with Gasteiger partial charge in [0, 0.05) is 5.39 Å². The summed E-state index contributed by atoms with van der Waals surface area (Å²) in [6.45, 7) is 5.89. The molecule has 1 amide bonds. The number of carbonyl (C=O) groups excluding carboxylic acids is 2. The summed E-state index contributed by atoms with van der Waals surface area (Å²) in [4.78, 5) is 24.9. The number of hydrogen-bond donors (Lipinski definition) is 1. The van der Waals surface area contributed by atoms with Gasteiger partial charge in [-0.25, -0.2) is 4.79 Å². The Morgan fingerprint density at radius 1 is 1.19 bits per heavy atom. The van der Waals surface area contributed by atoms with Crippen molar-refractivity contribution in [3.05, 3.63) is 64.8 Å². The van der Waals surface area contributed by atoms with Gasteiger partial charge in [-0.1, -0.05) is 41.6 Å². The summed E-state index contributed by atoms with van der Waals surface area (Å²) < 4.78 is 10.5. The van der Waals surface area contributed by atoms with Gasteiger partial charge in [0.1, 0.15) is 5.69 Å². The Labute approximate surface area is 157 Å². The van der Waals surface area contributed by atoms with Crippen LogP contribution in [0.25, 0.3) is 11.0 Å². The third kappa shape index (κ3) is 4.16. The fourth-order valence-electron chi connectivity index (χ4n) is 3.08. The minimum Gasteiger partial charge on any atom is -0.464 e. The molecule has 2 aromatic carbocycles. The van der Waals surface area contributed by atoms with Gasteiger partial charge in [0.05, 0.1) is 13.0 Å². The van der Waals surface area contributed by atoms with E-state index in [2.05, 4.69) is 10.5 Å². The number of hydrogen-bond acceptors (Lipinski definition) is 5. The first-order valence-corrected chi connectivity index (χ1v) is 8.86. The molecule has 0 fully saturated rings. The van der Waals surface area contributed by atoms with Crippen molar-refractivity contribution in [2.45, 2.75) is 33.2 Å². The van der Waals surface area contributed by atoms with Gasteiger partial charge >= 0.3 is 5.97 Å². The molecule has 6 heteroatoms. The summed E-state index contributed by atoms with van der Waals surface area (Å²) in [6.07, 6.45) is 0.0125. The van der Waals surface area contributed by atoms with Gasteiger partial charge in [-0.05, 0) is 43.5 Å². The van der Waals surface area contributed by atoms with Gasteiger partial charge in [-0.3, -0.25) is 4.79 Å². The fourth-order valence-corrected chi connectivity index (χ4v) is 3.08. The highest BCUT2D eigenvalue weighted by molar-refractivity contribution is 5.90. The molecule has 27 heavy (non-hydrogen) atoms. The van der Waals surface area contributed by atoms with Crippen LogP contribution < -0.4 is 5.32 Å². The predicted octanol–water partition coefficient (Wildman–Crippen LogP) is 3.41. The second kappa shape index (κ2) is 8.03. The van der Waals surface area contributed by atoms with E-state index in [0.717, 1.165) is 16.5 Å². The number of esters is 1. The molecule has 1 heterocycles. The summed E-state index contributed by atoms with van der Waals surface area (Å²) in [5.41, 5.74) is 3.93. The van der Waals surface area contributed by atoms with Crippen LogP contribution in [0.5, 0.6) is 0 Å². The predicted molar refractivity (Wildman–Crippen MR) is 101 cm³/mol. The van der Waals surface area contributed by atoms with Gasteiger partial charge in [0.15, 0.2) is 11.6 Å². The average Bonchev–Trinajstić information content (AvgIpc) is 3.03. The zero-order valence-corrected chi connectivity index (χ0v) is 15.6. The first-order chi connectivity index (χ1) is 13.0. The molecule has 0 bridgehead atoms. The van der Waals surface area contributed by atoms with Crippen LogP contribution in [0.15, 0.2) is 47.0 Å². The van der Waals surface area contributed by atoms with Crippen LogP contribution in [0.4, 0.5) is 0 Å². The van der Waals surface area contributed by atoms with E-state index in [4.69, 9.17) is 9.26 Å². The van der Waals surface area contributed by atoms with Crippen molar-refractivity contribution < 1.29 is 18.8 Å². The number of rotatable bonds is 6. The molecule has 0 aliphatic heterocycles. The maximum Gasteiger partial charge on any atom is 0.333 e. The Bertz CT molecular complexity index is 963. The van der Waals surface area contributed by atoms with Crippen LogP contribution in [-0.2, 0) is 20.7 Å². The van der Waals surface area contributed by atoms with E-state index in [1.165, 1.54) is 0 Å². The standard InChI is InChI=1S/C21H22N2O4/c1-4-26-21(25)19(15-8-6-5-7-9-15)22-18(24)12-17-16-11-13(2)10-14(3)20(16)27-23-17/h5-11,19H,4,12H2,1-3H3,(H,22,24). The maximum absolute atomic E-state index is 12.6. The zero-order chi connectivity index (χ0) is 19.4. The molecule has 0 aliphatic carbocycles. The third-order valence-corrected chi connectivity index (χ3v) is 4.27. The van der Waals surface area contributed by atoms with Crippen molar-refractivity contribution in [2.24, 2.45) is 0 Å². The number of aryl methyl sites for hydroxylation is 2. The summed E-state index contributed by atoms with van der Waals surface area (Å²) in [5.74, 6) is -0.819. The molecular formula is C21H22N2O4. The SMILES string of the molecule is CCOC(=O)C(NC(=O)Cc1noc2c(C)cc(C)cc12)c1ccccc1. The van der Waals surface area contributed by atoms with Gasteiger partial charge < -0.3 is 14.6 Å². The molecule has 0 radical (unpaired) electrons. The monoisotopic (exact) mass is 366 g/mol. The molecule has 6 nitrogen and oxygen atoms in total. The van der Waals surface area contributed by atoms with Crippen molar-refractivity contribution >= 4 is 22.8 Å². The van der Waals surface area contributed by atoms with E-state index in [9.17, 15) is 9.59 Å². The lowest BCUT2D eigenvalue weighted by molar-refractivity contribution is -0.147. The number of benzene rings is 2. The number of amides is 1. The molecule has 0 saturated heterocycles. The molecule has 3 aromatic rings. The van der Waals surface area contributed by atoms with Crippen molar-refractivity contribution in [3.63, 3.8) is 0 Å². The fraction of sp³-hybridized carbons (Fsp3) is 0.286. The lowest BCUT2D eigenvalue weighted by Gasteiger charge is -2.17. The summed E-state index contributed by atoms with van der Waals surface area (Å²) in [6, 6.07) is 12.1. The summed E-state index contributed by atoms with van der Waals surface area (Å²) in [5, 5.41) is 7.62. The van der Waals surface area contributed by atoms with Crippen LogP contribution in [0, 0.1) is 13.8 Å². The largest absolute Gasteiger partial charge is 0.464 e. The van der Waals surface area contributed by atoms with E-state index >= 15 is 0 Å². The molecule has 140 valence electrons. The van der Waals surface area contributed by atoms with Crippen LogP contribution in [0.2, 0.25) is 0 Å². The molecule has 0 aliphatic rings. The van der Waals surface area contributed by atoms with E-state index in [1.54, 1.807) is 19.1 Å². The van der Waals surface area contributed by atoms with Gasteiger partial charge in [-0.15, -0.1) is 0 Å². The Morgan fingerprint density at radius 3 is 2.63 bits per heavy atom. The Hall–Kier alpha value is -3.15. The lowest BCUT2D eigenvalue weighted by Crippen LogP contribution is -2.35. The van der Waals surface area contributed by atoms with Crippen LogP contribution in [0.1, 0.15) is 35.3 Å². The third-order valence-electron chi connectivity index (χ3n) is 4.27. The van der Waals surface area contributed by atoms with Gasteiger partial charge in [-0.2, -0.15) is 0 Å². The van der Waals surface area contributed by atoms with E-state index in [-0.39, 0.29) is 18.9 Å². The van der Waals surface area contributed by atoms with Gasteiger partial charge in [0.2, 0.25) is 5.91 Å². The van der Waals surface area contributed by atoms with Crippen LogP contribution in [0.3, 0.4) is 0 Å². The van der Waals surface area contributed by atoms with Crippen LogP contribution >= 0.6 is 0 Å². The second-order valence-corrected chi connectivity index (χ2v) is 6.43. The zero-order valence-electron chi connectivity index (χ0n) is 15.6. The molecular weight excluding hydrogens is 344 g/mol. The molecule has 3 rings (SSSR count). The van der Waals surface area contributed by atoms with Crippen molar-refractivity contribution in [3.8, 4) is 0 Å². The number of ether oxygens (including phenoxy) is 1. The molecule has 0 spiro atoms. The molecule has 1 aromatic heterocycles. The van der Waals surface area contributed by atoms with Crippen molar-refractivity contribution in [1.29, 1.82) is 0 Å². The highest BCUT2D eigenvalue weighted by Gasteiger charge is 2.25. The second-order valence-electron chi connectivity index (χ2n) is 6.43. The Kier molecular flexibility index (Phi) is 5.54. The van der Waals surface area contributed by atoms with Crippen molar-refractivity contribution in [1.82, 2.24) is 10.5 Å². The first kappa shape index (κ1) is 18.6. The topological polar surface area (TPSA) is 81.4 Å². The van der Waals surface area contributed by atoms with Crippen molar-refractivity contribution in [2.75, 3.05) is 6.61 Å². The molecule has 1 atom stereocenters. The number of nitrogens with zero attached hydrogens (tertiary/aromatic N) is 1. The molecule has 0 saturated carbocycles. The van der Waals surface area contributed by atoms with E-state index in [1.807, 2.05) is 44.2 Å². The van der Waals surface area contributed by atoms with Gasteiger partial charge in [0.25, 0.3) is 0 Å². The lowest BCUT2D eigenvalue weighted by atomic mass is 10.0. The quantitative estimate of drug-likeness (QED) is 0.676. The molecule has 1 unspecified atom stereocenters. The maximum atomic E-state index is 12.6. The Morgan fingerprint density at radius 2 is 1.93 bits per heavy atom. The minimum absolute atomic E-state index is 0.0125. The minimum atomic E-state index is -0.861. The molecule has 1 N–H and O–H groups in total. The highest BCUT2D eigenvalue weighted by Crippen LogP contribution is 2.24. The summed E-state index contributed by atoms with van der Waals surface area (Å²) in [7, 11) is 0. The first-order valence-electron chi connectivity index (χ1n) is 8.86. The number of nitrogens with one attached hydrogen (secondary N) is 1. The Balaban J connectivity index is 1.81. The number of aromatic nitrogens is 1. The van der Waals surface area contributed by atoms with Crippen LogP contribution in [-0.4, -0.2) is 23.6 Å². The smallest absolute Gasteiger partial charge is 0.333 e. The number of fused-ring (bicyclic) bond motifs is 1.